The van der Waals surface area contributed by atoms with Crippen LogP contribution in [0.3, 0.4) is 0 Å². The Kier molecular flexibility index (Phi) is 3.59. The van der Waals surface area contributed by atoms with Crippen molar-refractivity contribution in [1.29, 1.82) is 0 Å². The molecule has 1 saturated heterocycles. The lowest BCUT2D eigenvalue weighted by Gasteiger charge is -2.41. The molecule has 0 aliphatic carbocycles. The number of rotatable bonds is 3. The number of aromatic nitrogens is 3. The van der Waals surface area contributed by atoms with Gasteiger partial charge in [0.15, 0.2) is 0 Å². The van der Waals surface area contributed by atoms with Gasteiger partial charge in [0.1, 0.15) is 5.82 Å². The fraction of sp³-hybridized carbons (Fsp3) is 0.357. The quantitative estimate of drug-likeness (QED) is 0.867. The Bertz CT molecular complexity index is 722. The summed E-state index contributed by atoms with van der Waals surface area (Å²) in [5, 5.41) is 3.94. The minimum Gasteiger partial charge on any atom is -0.355 e. The molecule has 0 spiro atoms. The van der Waals surface area contributed by atoms with Gasteiger partial charge in [0, 0.05) is 37.5 Å². The van der Waals surface area contributed by atoms with E-state index in [2.05, 4.69) is 10.1 Å². The summed E-state index contributed by atoms with van der Waals surface area (Å²) >= 11 is 0. The Morgan fingerprint density at radius 2 is 1.91 bits per heavy atom. The molecular formula is C14H13F3N4O. The lowest BCUT2D eigenvalue weighted by atomic mass is 9.99. The summed E-state index contributed by atoms with van der Waals surface area (Å²) in [7, 11) is 0. The van der Waals surface area contributed by atoms with Crippen LogP contribution in [-0.2, 0) is 12.7 Å². The molecule has 2 aromatic heterocycles. The summed E-state index contributed by atoms with van der Waals surface area (Å²) in [5.74, 6) is 0.0234. The molecule has 0 bridgehead atoms. The molecule has 1 aliphatic rings. The Morgan fingerprint density at radius 1 is 1.18 bits per heavy atom. The minimum atomic E-state index is -4.42. The second-order valence-electron chi connectivity index (χ2n) is 5.19. The Balaban J connectivity index is 1.70. The van der Waals surface area contributed by atoms with Gasteiger partial charge < -0.3 is 4.90 Å². The monoisotopic (exact) mass is 310 g/mol. The van der Waals surface area contributed by atoms with Crippen LogP contribution in [0.1, 0.15) is 5.56 Å². The van der Waals surface area contributed by atoms with E-state index in [0.717, 1.165) is 6.07 Å². The van der Waals surface area contributed by atoms with Gasteiger partial charge in [0.2, 0.25) is 0 Å². The zero-order valence-corrected chi connectivity index (χ0v) is 11.5. The summed E-state index contributed by atoms with van der Waals surface area (Å²) in [6.07, 6.45) is -1.56. The number of anilines is 1. The van der Waals surface area contributed by atoms with E-state index >= 15 is 0 Å². The van der Waals surface area contributed by atoms with E-state index in [4.69, 9.17) is 0 Å². The molecule has 1 fully saturated rings. The SMILES string of the molecule is O=c1cccnn1CC1CN(c2ncccc2C(F)(F)F)C1. The first-order chi connectivity index (χ1) is 10.4. The molecular weight excluding hydrogens is 297 g/mol. The summed E-state index contributed by atoms with van der Waals surface area (Å²) < 4.78 is 40.2. The number of nitrogens with zero attached hydrogens (tertiary/aromatic N) is 4. The smallest absolute Gasteiger partial charge is 0.355 e. The van der Waals surface area contributed by atoms with Crippen molar-refractivity contribution < 1.29 is 13.2 Å². The number of pyridine rings is 1. The summed E-state index contributed by atoms with van der Waals surface area (Å²) in [4.78, 5) is 17.0. The fourth-order valence-corrected chi connectivity index (χ4v) is 2.50. The summed E-state index contributed by atoms with van der Waals surface area (Å²) in [5.41, 5.74) is -0.946. The van der Waals surface area contributed by atoms with Crippen LogP contribution in [0.5, 0.6) is 0 Å². The number of halogens is 3. The summed E-state index contributed by atoms with van der Waals surface area (Å²) in [6, 6.07) is 5.26. The van der Waals surface area contributed by atoms with Gasteiger partial charge in [-0.2, -0.15) is 18.3 Å². The first-order valence-electron chi connectivity index (χ1n) is 6.74. The van der Waals surface area contributed by atoms with Gasteiger partial charge in [-0.25, -0.2) is 9.67 Å². The Labute approximate surface area is 124 Å². The van der Waals surface area contributed by atoms with Gasteiger partial charge in [0.05, 0.1) is 12.1 Å². The van der Waals surface area contributed by atoms with Crippen LogP contribution in [0.4, 0.5) is 19.0 Å². The van der Waals surface area contributed by atoms with Crippen LogP contribution < -0.4 is 10.5 Å². The topological polar surface area (TPSA) is 51.0 Å². The second-order valence-corrected chi connectivity index (χ2v) is 5.19. The maximum Gasteiger partial charge on any atom is 0.419 e. The zero-order valence-electron chi connectivity index (χ0n) is 11.5. The molecule has 22 heavy (non-hydrogen) atoms. The molecule has 1 aliphatic heterocycles. The third-order valence-electron chi connectivity index (χ3n) is 3.57. The van der Waals surface area contributed by atoms with Crippen molar-refractivity contribution in [1.82, 2.24) is 14.8 Å². The van der Waals surface area contributed by atoms with E-state index < -0.39 is 11.7 Å². The zero-order chi connectivity index (χ0) is 15.7. The number of alkyl halides is 3. The van der Waals surface area contributed by atoms with Crippen molar-refractivity contribution in [3.05, 3.63) is 52.6 Å². The van der Waals surface area contributed by atoms with Gasteiger partial charge in [-0.15, -0.1) is 0 Å². The summed E-state index contributed by atoms with van der Waals surface area (Å²) in [6.45, 7) is 1.23. The second kappa shape index (κ2) is 5.43. The van der Waals surface area contributed by atoms with Crippen molar-refractivity contribution in [3.8, 4) is 0 Å². The van der Waals surface area contributed by atoms with E-state index in [0.29, 0.717) is 19.6 Å². The molecule has 0 N–H and O–H groups in total. The van der Waals surface area contributed by atoms with Crippen LogP contribution >= 0.6 is 0 Å². The average Bonchev–Trinajstić information content (AvgIpc) is 2.43. The Hall–Kier alpha value is -2.38. The fourth-order valence-electron chi connectivity index (χ4n) is 2.50. The van der Waals surface area contributed by atoms with E-state index in [1.807, 2.05) is 0 Å². The molecule has 3 rings (SSSR count). The van der Waals surface area contributed by atoms with Crippen LogP contribution in [-0.4, -0.2) is 27.9 Å². The van der Waals surface area contributed by atoms with Crippen molar-refractivity contribution in [2.45, 2.75) is 12.7 Å². The predicted molar refractivity (Wildman–Crippen MR) is 73.4 cm³/mol. The highest BCUT2D eigenvalue weighted by molar-refractivity contribution is 5.50. The highest BCUT2D eigenvalue weighted by atomic mass is 19.4. The highest BCUT2D eigenvalue weighted by Gasteiger charge is 2.38. The third-order valence-corrected chi connectivity index (χ3v) is 3.57. The molecule has 0 amide bonds. The molecule has 0 saturated carbocycles. The highest BCUT2D eigenvalue weighted by Crippen LogP contribution is 2.37. The van der Waals surface area contributed by atoms with Crippen molar-refractivity contribution >= 4 is 5.82 Å². The first-order valence-corrected chi connectivity index (χ1v) is 6.74. The van der Waals surface area contributed by atoms with E-state index in [-0.39, 0.29) is 17.3 Å². The Morgan fingerprint density at radius 3 is 2.59 bits per heavy atom. The van der Waals surface area contributed by atoms with Crippen LogP contribution in [0, 0.1) is 5.92 Å². The van der Waals surface area contributed by atoms with Crippen molar-refractivity contribution in [2.75, 3.05) is 18.0 Å². The van der Waals surface area contributed by atoms with Gasteiger partial charge in [0.25, 0.3) is 5.56 Å². The van der Waals surface area contributed by atoms with Crippen LogP contribution in [0.25, 0.3) is 0 Å². The average molecular weight is 310 g/mol. The normalized spacial score (nSPS) is 15.7. The third kappa shape index (κ3) is 2.81. The largest absolute Gasteiger partial charge is 0.419 e. The minimum absolute atomic E-state index is 0.0559. The van der Waals surface area contributed by atoms with Gasteiger partial charge >= 0.3 is 6.18 Å². The van der Waals surface area contributed by atoms with E-state index in [9.17, 15) is 18.0 Å². The van der Waals surface area contributed by atoms with E-state index in [1.54, 1.807) is 11.0 Å². The van der Waals surface area contributed by atoms with Gasteiger partial charge in [-0.3, -0.25) is 4.79 Å². The van der Waals surface area contributed by atoms with Crippen LogP contribution in [0.2, 0.25) is 0 Å². The van der Waals surface area contributed by atoms with Gasteiger partial charge in [-0.1, -0.05) is 0 Å². The van der Waals surface area contributed by atoms with Crippen LogP contribution in [0.15, 0.2) is 41.5 Å². The molecule has 2 aromatic rings. The molecule has 0 atom stereocenters. The number of hydrogen-bond donors (Lipinski definition) is 0. The van der Waals surface area contributed by atoms with Crippen molar-refractivity contribution in [2.24, 2.45) is 5.92 Å². The predicted octanol–water partition coefficient (Wildman–Crippen LogP) is 1.79. The van der Waals surface area contributed by atoms with E-state index in [1.165, 1.54) is 29.2 Å². The molecule has 0 unspecified atom stereocenters. The lowest BCUT2D eigenvalue weighted by Crippen LogP contribution is -2.50. The first kappa shape index (κ1) is 14.6. The molecule has 5 nitrogen and oxygen atoms in total. The van der Waals surface area contributed by atoms with Gasteiger partial charge in [-0.05, 0) is 18.2 Å². The molecule has 3 heterocycles. The standard InChI is InChI=1S/C14H13F3N4O/c15-14(16,17)11-3-1-5-18-13(11)20-7-10(8-20)9-21-12(22)4-2-6-19-21/h1-6,10H,7-9H2. The maximum absolute atomic E-state index is 12.9. The van der Waals surface area contributed by atoms with Crippen molar-refractivity contribution in [3.63, 3.8) is 0 Å². The molecule has 116 valence electrons. The number of hydrogen-bond acceptors (Lipinski definition) is 4. The molecule has 8 heteroatoms. The maximum atomic E-state index is 12.9. The molecule has 0 radical (unpaired) electrons. The lowest BCUT2D eigenvalue weighted by molar-refractivity contribution is -0.137. The molecule has 0 aromatic carbocycles.